The molecule has 0 saturated heterocycles. The predicted octanol–water partition coefficient (Wildman–Crippen LogP) is 2.38. The van der Waals surface area contributed by atoms with Crippen molar-refractivity contribution in [3.05, 3.63) is 45.5 Å². The van der Waals surface area contributed by atoms with E-state index in [-0.39, 0.29) is 6.61 Å². The monoisotopic (exact) mass is 336 g/mol. The summed E-state index contributed by atoms with van der Waals surface area (Å²) in [7, 11) is 0. The van der Waals surface area contributed by atoms with Crippen molar-refractivity contribution in [1.82, 2.24) is 0 Å². The molecule has 0 spiro atoms. The van der Waals surface area contributed by atoms with Crippen LogP contribution in [0.1, 0.15) is 37.0 Å². The minimum atomic E-state index is -1.15. The van der Waals surface area contributed by atoms with Crippen LogP contribution in [0.25, 0.3) is 0 Å². The van der Waals surface area contributed by atoms with Crippen molar-refractivity contribution in [2.24, 2.45) is 0 Å². The molecule has 0 aliphatic rings. The van der Waals surface area contributed by atoms with Crippen molar-refractivity contribution in [3.8, 4) is 6.07 Å². The summed E-state index contributed by atoms with van der Waals surface area (Å²) < 4.78 is 9.46. The van der Waals surface area contributed by atoms with Gasteiger partial charge in [0.05, 0.1) is 6.61 Å². The van der Waals surface area contributed by atoms with Gasteiger partial charge in [0.2, 0.25) is 6.54 Å². The van der Waals surface area contributed by atoms with Crippen LogP contribution in [0.15, 0.2) is 24.3 Å². The first-order chi connectivity index (χ1) is 11.5. The molecular formula is C16H20N2O6. The SMILES string of the molecule is CCOC(=O)O[C@@H](C#N)CCCc1cccc([C@@H](O)C[N+](=O)[O-])c1. The standard InChI is InChI=1S/C16H20N2O6/c1-2-23-16(20)24-14(10-17)8-4-6-12-5-3-7-13(9-12)15(19)11-18(21)22/h3,5,7,9,14-15,19H,2,4,6,8,11H2,1H3/t14-,15+/m1/s1. The smallest absolute Gasteiger partial charge is 0.435 e. The van der Waals surface area contributed by atoms with E-state index in [0.717, 1.165) is 5.56 Å². The lowest BCUT2D eigenvalue weighted by atomic mass is 10.0. The number of carbonyl (C=O) groups is 1. The fourth-order valence-corrected chi connectivity index (χ4v) is 2.11. The molecule has 0 radical (unpaired) electrons. The van der Waals surface area contributed by atoms with Gasteiger partial charge >= 0.3 is 6.16 Å². The summed E-state index contributed by atoms with van der Waals surface area (Å²) >= 11 is 0. The third-order valence-corrected chi connectivity index (χ3v) is 3.23. The van der Waals surface area contributed by atoms with Crippen LogP contribution in [-0.2, 0) is 15.9 Å². The van der Waals surface area contributed by atoms with Crippen LogP contribution in [0.2, 0.25) is 0 Å². The summed E-state index contributed by atoms with van der Waals surface area (Å²) in [6.07, 6.45) is -1.40. The van der Waals surface area contributed by atoms with Crippen molar-refractivity contribution < 1.29 is 24.3 Å². The number of aryl methyl sites for hydroxylation is 1. The van der Waals surface area contributed by atoms with Gasteiger partial charge in [0.1, 0.15) is 12.2 Å². The zero-order valence-electron chi connectivity index (χ0n) is 13.4. The van der Waals surface area contributed by atoms with E-state index >= 15 is 0 Å². The van der Waals surface area contributed by atoms with Crippen LogP contribution in [0.4, 0.5) is 4.79 Å². The number of nitriles is 1. The molecule has 1 N–H and O–H groups in total. The van der Waals surface area contributed by atoms with Gasteiger partial charge in [-0.3, -0.25) is 10.1 Å². The molecule has 1 aromatic carbocycles. The lowest BCUT2D eigenvalue weighted by molar-refractivity contribution is -0.491. The van der Waals surface area contributed by atoms with Crippen molar-refractivity contribution >= 4 is 6.16 Å². The van der Waals surface area contributed by atoms with Crippen molar-refractivity contribution in [1.29, 1.82) is 5.26 Å². The molecular weight excluding hydrogens is 316 g/mol. The Morgan fingerprint density at radius 2 is 2.25 bits per heavy atom. The number of nitrogens with zero attached hydrogens (tertiary/aromatic N) is 2. The van der Waals surface area contributed by atoms with Gasteiger partial charge in [0.25, 0.3) is 0 Å². The molecule has 0 fully saturated rings. The number of hydrogen-bond donors (Lipinski definition) is 1. The summed E-state index contributed by atoms with van der Waals surface area (Å²) in [6.45, 7) is 1.27. The molecule has 8 nitrogen and oxygen atoms in total. The summed E-state index contributed by atoms with van der Waals surface area (Å²) in [4.78, 5) is 21.1. The molecule has 0 aliphatic carbocycles. The molecule has 1 aromatic rings. The Bertz CT molecular complexity index is 598. The number of nitro groups is 1. The van der Waals surface area contributed by atoms with Gasteiger partial charge in [-0.15, -0.1) is 0 Å². The highest BCUT2D eigenvalue weighted by atomic mass is 16.7. The van der Waals surface area contributed by atoms with E-state index in [4.69, 9.17) is 10.00 Å². The molecule has 0 unspecified atom stereocenters. The van der Waals surface area contributed by atoms with Crippen LogP contribution < -0.4 is 0 Å². The molecule has 0 aromatic heterocycles. The molecule has 0 bridgehead atoms. The zero-order chi connectivity index (χ0) is 17.9. The van der Waals surface area contributed by atoms with Gasteiger partial charge in [0.15, 0.2) is 6.10 Å². The van der Waals surface area contributed by atoms with Crippen LogP contribution in [-0.4, -0.2) is 35.4 Å². The molecule has 0 saturated carbocycles. The van der Waals surface area contributed by atoms with Gasteiger partial charge in [-0.25, -0.2) is 4.79 Å². The minimum Gasteiger partial charge on any atom is -0.435 e. The Morgan fingerprint density at radius 3 is 2.88 bits per heavy atom. The first kappa shape index (κ1) is 19.4. The molecule has 0 heterocycles. The number of aliphatic hydroxyl groups is 1. The average molecular weight is 336 g/mol. The quantitative estimate of drug-likeness (QED) is 0.417. The number of benzene rings is 1. The fourth-order valence-electron chi connectivity index (χ4n) is 2.11. The van der Waals surface area contributed by atoms with Gasteiger partial charge in [-0.05, 0) is 37.3 Å². The summed E-state index contributed by atoms with van der Waals surface area (Å²) in [5.41, 5.74) is 1.35. The Balaban J connectivity index is 2.51. The Labute approximate surface area is 139 Å². The molecule has 8 heteroatoms. The minimum absolute atomic E-state index is 0.177. The summed E-state index contributed by atoms with van der Waals surface area (Å²) in [6, 6.07) is 8.75. The molecule has 0 amide bonds. The predicted molar refractivity (Wildman–Crippen MR) is 83.7 cm³/mol. The molecule has 0 aliphatic heterocycles. The van der Waals surface area contributed by atoms with Crippen molar-refractivity contribution in [3.63, 3.8) is 0 Å². The maximum absolute atomic E-state index is 11.2. The number of carbonyl (C=O) groups excluding carboxylic acids is 1. The normalized spacial score (nSPS) is 12.7. The number of aliphatic hydroxyl groups excluding tert-OH is 1. The van der Waals surface area contributed by atoms with Crippen LogP contribution in [0.5, 0.6) is 0 Å². The van der Waals surface area contributed by atoms with E-state index in [1.165, 1.54) is 0 Å². The molecule has 1 rings (SSSR count). The average Bonchev–Trinajstić information content (AvgIpc) is 2.53. The van der Waals surface area contributed by atoms with Crippen LogP contribution in [0.3, 0.4) is 0 Å². The second kappa shape index (κ2) is 10.2. The first-order valence-corrected chi connectivity index (χ1v) is 7.58. The zero-order valence-corrected chi connectivity index (χ0v) is 13.4. The fraction of sp³-hybridized carbons (Fsp3) is 0.500. The number of ether oxygens (including phenoxy) is 2. The molecule has 24 heavy (non-hydrogen) atoms. The topological polar surface area (TPSA) is 123 Å². The molecule has 130 valence electrons. The highest BCUT2D eigenvalue weighted by Crippen LogP contribution is 2.17. The van der Waals surface area contributed by atoms with E-state index in [1.54, 1.807) is 25.1 Å². The van der Waals surface area contributed by atoms with E-state index in [9.17, 15) is 20.0 Å². The lowest BCUT2D eigenvalue weighted by Gasteiger charge is -2.11. The second-order valence-electron chi connectivity index (χ2n) is 5.09. The van der Waals surface area contributed by atoms with Crippen molar-refractivity contribution in [2.75, 3.05) is 13.2 Å². The van der Waals surface area contributed by atoms with E-state index in [0.29, 0.717) is 24.8 Å². The van der Waals surface area contributed by atoms with Crippen LogP contribution in [0, 0.1) is 21.4 Å². The Morgan fingerprint density at radius 1 is 1.50 bits per heavy atom. The lowest BCUT2D eigenvalue weighted by Crippen LogP contribution is -2.17. The van der Waals surface area contributed by atoms with E-state index < -0.39 is 29.8 Å². The van der Waals surface area contributed by atoms with Gasteiger partial charge in [-0.2, -0.15) is 5.26 Å². The highest BCUT2D eigenvalue weighted by Gasteiger charge is 2.16. The summed E-state index contributed by atoms with van der Waals surface area (Å²) in [5.74, 6) is 0. The Kier molecular flexibility index (Phi) is 8.22. The first-order valence-electron chi connectivity index (χ1n) is 7.58. The van der Waals surface area contributed by atoms with Gasteiger partial charge in [-0.1, -0.05) is 24.3 Å². The molecule has 2 atom stereocenters. The maximum atomic E-state index is 11.2. The van der Waals surface area contributed by atoms with E-state index in [1.807, 2.05) is 12.1 Å². The largest absolute Gasteiger partial charge is 0.509 e. The number of rotatable bonds is 9. The van der Waals surface area contributed by atoms with E-state index in [2.05, 4.69) is 4.74 Å². The van der Waals surface area contributed by atoms with Gasteiger partial charge < -0.3 is 14.6 Å². The van der Waals surface area contributed by atoms with Crippen LogP contribution >= 0.6 is 0 Å². The van der Waals surface area contributed by atoms with Gasteiger partial charge in [0, 0.05) is 4.92 Å². The Hall–Kier alpha value is -2.66. The van der Waals surface area contributed by atoms with Crippen molar-refractivity contribution in [2.45, 2.75) is 38.4 Å². The third kappa shape index (κ3) is 7.07. The second-order valence-corrected chi connectivity index (χ2v) is 5.09. The maximum Gasteiger partial charge on any atom is 0.509 e. The number of hydrogen-bond acceptors (Lipinski definition) is 7. The highest BCUT2D eigenvalue weighted by molar-refractivity contribution is 5.60. The summed E-state index contributed by atoms with van der Waals surface area (Å²) in [5, 5.41) is 29.2. The third-order valence-electron chi connectivity index (χ3n) is 3.23.